The van der Waals surface area contributed by atoms with Gasteiger partial charge < -0.3 is 120 Å². The Labute approximate surface area is 542 Å². The number of carboxylic acids is 2. The molecule has 0 spiro atoms. The van der Waals surface area contributed by atoms with E-state index in [-0.39, 0.29) is 12.3 Å². The first-order valence-electron chi connectivity index (χ1n) is 28.1. The number of hydrogen-bond donors (Lipinski definition) is 19. The van der Waals surface area contributed by atoms with Crippen molar-refractivity contribution in [3.05, 3.63) is 24.3 Å². The molecule has 0 aliphatic carbocycles. The number of anilines is 2. The normalized spacial score (nSPS) is 34.7. The van der Waals surface area contributed by atoms with Gasteiger partial charge in [0.25, 0.3) is 0 Å². The fourth-order valence-electron chi connectivity index (χ4n) is 10.2. The largest absolute Gasteiger partial charge is 0.479 e. The van der Waals surface area contributed by atoms with E-state index in [1.54, 1.807) is 18.2 Å². The Morgan fingerprint density at radius 3 is 1.72 bits per heavy atom. The molecule has 5 heterocycles. The third-order valence-electron chi connectivity index (χ3n) is 14.7. The Hall–Kier alpha value is -4.04. The van der Waals surface area contributed by atoms with Gasteiger partial charge in [0.2, 0.25) is 17.7 Å². The molecule has 1 aromatic carbocycles. The number of aliphatic carboxylic acids is 2. The summed E-state index contributed by atoms with van der Waals surface area (Å²) >= 11 is 0. The highest BCUT2D eigenvalue weighted by molar-refractivity contribution is 8.77. The lowest BCUT2D eigenvalue weighted by Crippen LogP contribution is -2.71. The summed E-state index contributed by atoms with van der Waals surface area (Å²) in [6.07, 6.45) is -49.8. The quantitative estimate of drug-likeness (QED) is 0.0177. The van der Waals surface area contributed by atoms with Crippen LogP contribution in [-0.2, 0) is 106 Å². The third kappa shape index (κ3) is 22.8. The maximum Gasteiger partial charge on any atom is 0.397 e. The number of ether oxygens (including phenoxy) is 8. The second-order valence-corrected chi connectivity index (χ2v) is 27.8. The van der Waals surface area contributed by atoms with Crippen molar-refractivity contribution in [1.82, 2.24) is 10.6 Å². The number of amides is 3. The smallest absolute Gasteiger partial charge is 0.397 e. The molecule has 1 unspecified atom stereocenters. The summed E-state index contributed by atoms with van der Waals surface area (Å²) in [5.41, 5.74) is 0.743. The van der Waals surface area contributed by atoms with Crippen LogP contribution in [0.3, 0.4) is 0 Å². The Balaban J connectivity index is 1.21. The maximum absolute atomic E-state index is 13.1. The lowest BCUT2D eigenvalue weighted by Gasteiger charge is -2.50. The van der Waals surface area contributed by atoms with Gasteiger partial charge in [0.05, 0.1) is 25.9 Å². The predicted molar refractivity (Wildman–Crippen MR) is 308 cm³/mol. The van der Waals surface area contributed by atoms with Crippen LogP contribution in [0.2, 0.25) is 0 Å². The molecule has 0 radical (unpaired) electrons. The SMILES string of the molecule is CC(=O)N[C@H]1[C@H](O[C@H]2[C@H](O)[C@@H](O)[C@H](O[C@H]3[C@@H](O)[C@@H](COS(=O)(=O)O)O[C@@H](OC[C@@H](O)[C@@H](O)[C@H](O)[C@@H](O)CNc4cccc(NC(=O)CCCCC5CCSS5)c4)[C@@H]3NC(C)=O)O[C@@H]2C(=O)O)O[C@H](COS(=O)(=O)O)[C@H](OS(=O)(=O)O)[C@@H]1O[C@@H]1O[C@H](C(=O)O)[C@@H](O)[C@H](O)[C@H]1O. The van der Waals surface area contributed by atoms with Gasteiger partial charge in [0, 0.05) is 49.2 Å². The van der Waals surface area contributed by atoms with E-state index in [9.17, 15) is 124 Å². The fraction of sp³-hybridized carbons (Fsp3) is 0.771. The molecule has 1 aromatic rings. The minimum atomic E-state index is -5.86. The molecule has 5 saturated heterocycles. The summed E-state index contributed by atoms with van der Waals surface area (Å²) in [6.45, 7) is -3.05. The lowest BCUT2D eigenvalue weighted by molar-refractivity contribution is -0.368. The number of carboxylic acid groups (broad SMARTS) is 2. The molecule has 0 saturated carbocycles. The number of hydrogen-bond acceptors (Lipinski definition) is 35. The molecule has 19 N–H and O–H groups in total. The molecule has 94 heavy (non-hydrogen) atoms. The van der Waals surface area contributed by atoms with E-state index in [4.69, 9.17) is 37.9 Å². The maximum atomic E-state index is 13.1. The first kappa shape index (κ1) is 79.0. The fourth-order valence-corrected chi connectivity index (χ4v) is 14.3. The lowest BCUT2D eigenvalue weighted by atomic mass is 9.94. The molecular formula is C48H74N4O37S5. The minimum absolute atomic E-state index is 0.232. The molecule has 25 atom stereocenters. The first-order chi connectivity index (χ1) is 43.8. The minimum Gasteiger partial charge on any atom is -0.479 e. The molecule has 41 nitrogen and oxygen atoms in total. The predicted octanol–water partition coefficient (Wildman–Crippen LogP) is -7.56. The third-order valence-corrected chi connectivity index (χ3v) is 19.0. The Kier molecular flexibility index (Phi) is 29.1. The van der Waals surface area contributed by atoms with E-state index < -0.39 is 228 Å². The van der Waals surface area contributed by atoms with Gasteiger partial charge in [0.15, 0.2) is 37.4 Å². The molecule has 5 aliphatic rings. The van der Waals surface area contributed by atoms with Gasteiger partial charge in [-0.1, -0.05) is 34.1 Å². The first-order valence-corrected chi connectivity index (χ1v) is 34.6. The molecule has 5 fully saturated rings. The molecule has 6 rings (SSSR count). The zero-order valence-electron chi connectivity index (χ0n) is 49.0. The molecule has 0 bridgehead atoms. The highest BCUT2D eigenvalue weighted by Gasteiger charge is 2.59. The summed E-state index contributed by atoms with van der Waals surface area (Å²) in [5.74, 6) is -5.58. The van der Waals surface area contributed by atoms with Crippen molar-refractivity contribution in [3.8, 4) is 0 Å². The van der Waals surface area contributed by atoms with Gasteiger partial charge in [-0.3, -0.25) is 28.0 Å². The summed E-state index contributed by atoms with van der Waals surface area (Å²) in [6, 6.07) is 1.89. The zero-order valence-corrected chi connectivity index (χ0v) is 53.1. The van der Waals surface area contributed by atoms with E-state index in [2.05, 4.69) is 33.8 Å². The van der Waals surface area contributed by atoms with Crippen LogP contribution < -0.4 is 21.3 Å². The molecule has 3 amide bonds. The van der Waals surface area contributed by atoms with E-state index in [0.29, 0.717) is 23.0 Å². The highest BCUT2D eigenvalue weighted by Crippen LogP contribution is 2.40. The van der Waals surface area contributed by atoms with Crippen molar-refractivity contribution in [2.75, 3.05) is 42.8 Å². The van der Waals surface area contributed by atoms with E-state index >= 15 is 0 Å². The number of aliphatic hydroxyl groups excluding tert-OH is 10. The molecule has 46 heteroatoms. The van der Waals surface area contributed by atoms with Gasteiger partial charge in [-0.15, -0.1) is 0 Å². The number of rotatable bonds is 33. The van der Waals surface area contributed by atoms with E-state index in [0.717, 1.165) is 38.9 Å². The van der Waals surface area contributed by atoms with Crippen molar-refractivity contribution < 1.29 is 175 Å². The average Bonchev–Trinajstić information content (AvgIpc) is 0.883. The summed E-state index contributed by atoms with van der Waals surface area (Å²) in [4.78, 5) is 63.4. The number of aliphatic hydroxyl groups is 10. The van der Waals surface area contributed by atoms with Crippen molar-refractivity contribution in [1.29, 1.82) is 0 Å². The monoisotopic (exact) mass is 1460 g/mol. The number of benzene rings is 1. The average molecular weight is 1460 g/mol. The van der Waals surface area contributed by atoms with E-state index in [1.165, 1.54) is 6.07 Å². The molecule has 0 aromatic heterocycles. The zero-order chi connectivity index (χ0) is 69.9. The van der Waals surface area contributed by atoms with Gasteiger partial charge >= 0.3 is 43.1 Å². The highest BCUT2D eigenvalue weighted by atomic mass is 33.1. The number of nitrogens with one attached hydrogen (secondary N) is 4. The van der Waals surface area contributed by atoms with Crippen LogP contribution in [-0.4, -0.2) is 314 Å². The molecular weight excluding hydrogens is 1380 g/mol. The van der Waals surface area contributed by atoms with Crippen molar-refractivity contribution in [3.63, 3.8) is 0 Å². The second-order valence-electron chi connectivity index (χ2n) is 21.8. The summed E-state index contributed by atoms with van der Waals surface area (Å²) in [5, 5.41) is 141. The van der Waals surface area contributed by atoms with Gasteiger partial charge in [-0.05, 0) is 37.5 Å². The number of unbranched alkanes of at least 4 members (excludes halogenated alkanes) is 1. The Morgan fingerprint density at radius 1 is 0.606 bits per heavy atom. The van der Waals surface area contributed by atoms with Crippen molar-refractivity contribution >= 4 is 93.8 Å². The summed E-state index contributed by atoms with van der Waals surface area (Å²) < 4.78 is 158. The number of carbonyl (C=O) groups excluding carboxylic acids is 3. The summed E-state index contributed by atoms with van der Waals surface area (Å²) in [7, 11) is -13.2. The van der Waals surface area contributed by atoms with Crippen LogP contribution in [0.25, 0.3) is 0 Å². The van der Waals surface area contributed by atoms with E-state index in [1.807, 2.05) is 21.6 Å². The van der Waals surface area contributed by atoms with Gasteiger partial charge in [-0.25, -0.2) is 22.1 Å². The Bertz CT molecular complexity index is 3050. The van der Waals surface area contributed by atoms with Gasteiger partial charge in [0.1, 0.15) is 104 Å². The van der Waals surface area contributed by atoms with Gasteiger partial charge in [-0.2, -0.15) is 25.3 Å². The second kappa shape index (κ2) is 34.6. The van der Waals surface area contributed by atoms with Crippen LogP contribution in [0.4, 0.5) is 11.4 Å². The molecule has 5 aliphatic heterocycles. The number of carbonyl (C=O) groups is 5. The van der Waals surface area contributed by atoms with Crippen LogP contribution in [0.1, 0.15) is 46.0 Å². The van der Waals surface area contributed by atoms with Crippen LogP contribution in [0.15, 0.2) is 24.3 Å². The topological polar surface area (TPSA) is 641 Å². The van der Waals surface area contributed by atoms with Crippen molar-refractivity contribution in [2.24, 2.45) is 0 Å². The van der Waals surface area contributed by atoms with Crippen molar-refractivity contribution in [2.45, 2.75) is 198 Å². The van der Waals surface area contributed by atoms with Crippen LogP contribution >= 0.6 is 21.6 Å². The van der Waals surface area contributed by atoms with Crippen LogP contribution in [0.5, 0.6) is 0 Å². The Morgan fingerprint density at radius 2 is 1.15 bits per heavy atom. The standard InChI is InChI=1S/C48H74N4O37S5/c1-17(53)50-27-38(31(60)24(15-80-92(70,71)72)82-45(27)79-14-23(56)30(59)29(58)22(55)13-49-19-6-5-7-20(12-19)52-26(57)9-4-3-8-21-10-11-90-91-21)84-48-36(65)34(63)40(42(88-48)44(68)69)86-46-28(51-18(2)54)39(85-47-35(64)32(61)33(62)41(87-47)43(66)67)37(89-94(76,77)78)25(83-46)16-81-93(73,74)75/h5-7,12,21-25,27-42,45-49,55-56,58-65H,3-4,8-11,13-16H2,1-2H3,(H,50,53)(H,51,54)(H,52,57)(H,66,67)(H,68,69)(H,70,71,72)(H,73,74,75)(H,76,77,78)/t21?,22-,23+,24+,25+,27+,28+,29+,30+,31-,32-,33-,34+,35+,36+,37-,38+,39+,40-,41-,42-,45+,46-,47+,48+/m0/s1. The van der Waals surface area contributed by atoms with Crippen LogP contribution in [0, 0.1) is 0 Å². The molecule has 538 valence electrons.